The molecule has 0 N–H and O–H groups in total. The van der Waals surface area contributed by atoms with Crippen molar-refractivity contribution in [2.45, 2.75) is 13.8 Å². The highest BCUT2D eigenvalue weighted by molar-refractivity contribution is 9.09. The smallest absolute Gasteiger partial charge is 0.0247 e. The molecule has 2 aromatic rings. The molecule has 0 radical (unpaired) electrons. The van der Waals surface area contributed by atoms with Crippen LogP contribution in [0.5, 0.6) is 0 Å². The van der Waals surface area contributed by atoms with Crippen LogP contribution in [0.4, 0.5) is 0 Å². The molecule has 0 heterocycles. The van der Waals surface area contributed by atoms with Gasteiger partial charge in [-0.15, -0.1) is 0 Å². The van der Waals surface area contributed by atoms with Gasteiger partial charge in [-0.05, 0) is 22.6 Å². The Morgan fingerprint density at radius 2 is 1.53 bits per heavy atom. The zero-order valence-electron chi connectivity index (χ0n) is 11.4. The van der Waals surface area contributed by atoms with Crippen LogP contribution in [0.25, 0.3) is 17.2 Å². The third-order valence-corrected chi connectivity index (χ3v) is 3.91. The zero-order chi connectivity index (χ0) is 13.7. The summed E-state index contributed by atoms with van der Waals surface area (Å²) in [5, 5.41) is 0.936. The number of rotatable bonds is 4. The average molecular weight is 315 g/mol. The first kappa shape index (κ1) is 14.1. The molecule has 0 aliphatic rings. The van der Waals surface area contributed by atoms with Crippen LogP contribution >= 0.6 is 15.9 Å². The molecule has 0 nitrogen and oxygen atoms in total. The average Bonchev–Trinajstić information content (AvgIpc) is 2.46. The molecule has 0 unspecified atom stereocenters. The lowest BCUT2D eigenvalue weighted by Gasteiger charge is -2.08. The van der Waals surface area contributed by atoms with Crippen LogP contribution in [0.3, 0.4) is 0 Å². The summed E-state index contributed by atoms with van der Waals surface area (Å²) in [7, 11) is 0. The molecule has 0 amide bonds. The largest absolute Gasteiger partial charge is 0.0880 e. The highest BCUT2D eigenvalue weighted by atomic mass is 79.9. The van der Waals surface area contributed by atoms with E-state index in [0.717, 1.165) is 5.33 Å². The monoisotopic (exact) mass is 314 g/mol. The molecule has 0 aliphatic heterocycles. The lowest BCUT2D eigenvalue weighted by atomic mass is 10.00. The van der Waals surface area contributed by atoms with Crippen LogP contribution in [0, 0.1) is 5.92 Å². The van der Waals surface area contributed by atoms with E-state index in [-0.39, 0.29) is 0 Å². The zero-order valence-corrected chi connectivity index (χ0v) is 13.0. The van der Waals surface area contributed by atoms with Crippen molar-refractivity contribution in [3.05, 3.63) is 65.7 Å². The first-order chi connectivity index (χ1) is 9.20. The predicted octanol–water partition coefficient (Wildman–Crippen LogP) is 5.79. The Morgan fingerprint density at radius 3 is 2.05 bits per heavy atom. The summed E-state index contributed by atoms with van der Waals surface area (Å²) in [6.07, 6.45) is 2.27. The van der Waals surface area contributed by atoms with Gasteiger partial charge in [-0.2, -0.15) is 0 Å². The second-order valence-corrected chi connectivity index (χ2v) is 5.56. The van der Waals surface area contributed by atoms with E-state index in [2.05, 4.69) is 84.4 Å². The Bertz CT molecular complexity index is 536. The Balaban J connectivity index is 2.24. The third-order valence-electron chi connectivity index (χ3n) is 3.27. The van der Waals surface area contributed by atoms with Gasteiger partial charge in [-0.25, -0.2) is 0 Å². The van der Waals surface area contributed by atoms with Gasteiger partial charge < -0.3 is 0 Å². The molecule has 1 heteroatoms. The van der Waals surface area contributed by atoms with Crippen LogP contribution in [-0.4, -0.2) is 5.33 Å². The molecule has 0 bridgehead atoms. The van der Waals surface area contributed by atoms with Gasteiger partial charge in [0.25, 0.3) is 0 Å². The molecule has 0 spiro atoms. The summed E-state index contributed by atoms with van der Waals surface area (Å²) in [5.74, 6) is 0.577. The highest BCUT2D eigenvalue weighted by Gasteiger charge is 2.02. The van der Waals surface area contributed by atoms with Crippen molar-refractivity contribution >= 4 is 22.0 Å². The minimum absolute atomic E-state index is 0.577. The summed E-state index contributed by atoms with van der Waals surface area (Å²) in [5.41, 5.74) is 5.22. The second kappa shape index (κ2) is 6.72. The van der Waals surface area contributed by atoms with Gasteiger partial charge in [0.05, 0.1) is 0 Å². The van der Waals surface area contributed by atoms with E-state index in [9.17, 15) is 0 Å². The van der Waals surface area contributed by atoms with Gasteiger partial charge in [0.15, 0.2) is 0 Å². The van der Waals surface area contributed by atoms with Crippen molar-refractivity contribution < 1.29 is 0 Å². The van der Waals surface area contributed by atoms with E-state index in [1.54, 1.807) is 0 Å². The molecule has 0 aliphatic carbocycles. The number of hydrogen-bond donors (Lipinski definition) is 0. The van der Waals surface area contributed by atoms with E-state index in [1.807, 2.05) is 6.07 Å². The van der Waals surface area contributed by atoms with Gasteiger partial charge in [0.2, 0.25) is 0 Å². The Labute approximate surface area is 124 Å². The third kappa shape index (κ3) is 3.81. The van der Waals surface area contributed by atoms with Crippen LogP contribution in [0.15, 0.2) is 60.2 Å². The number of allylic oxidation sites excluding steroid dienone is 1. The van der Waals surface area contributed by atoms with Crippen molar-refractivity contribution in [2.24, 2.45) is 5.92 Å². The molecule has 0 saturated carbocycles. The molecule has 2 aromatic carbocycles. The van der Waals surface area contributed by atoms with Crippen molar-refractivity contribution in [3.63, 3.8) is 0 Å². The summed E-state index contributed by atoms with van der Waals surface area (Å²) in [6, 6.07) is 19.2. The maximum atomic E-state index is 3.56. The molecular formula is C18H19Br. The number of hydrogen-bond acceptors (Lipinski definition) is 0. The SMILES string of the molecule is CC(C)C(=Cc1ccc(-c2ccccc2)cc1)CBr. The van der Waals surface area contributed by atoms with Gasteiger partial charge in [0.1, 0.15) is 0 Å². The summed E-state index contributed by atoms with van der Waals surface area (Å²) in [6.45, 7) is 4.46. The predicted molar refractivity (Wildman–Crippen MR) is 88.5 cm³/mol. The maximum Gasteiger partial charge on any atom is 0.0247 e. The quantitative estimate of drug-likeness (QED) is 0.627. The fourth-order valence-electron chi connectivity index (χ4n) is 1.98. The van der Waals surface area contributed by atoms with E-state index < -0.39 is 0 Å². The topological polar surface area (TPSA) is 0 Å². The number of halogens is 1. The lowest BCUT2D eigenvalue weighted by molar-refractivity contribution is 0.781. The Morgan fingerprint density at radius 1 is 0.947 bits per heavy atom. The molecule has 0 saturated heterocycles. The molecule has 0 fully saturated rings. The fourth-order valence-corrected chi connectivity index (χ4v) is 2.79. The minimum Gasteiger partial charge on any atom is -0.0880 e. The molecule has 19 heavy (non-hydrogen) atoms. The van der Waals surface area contributed by atoms with Gasteiger partial charge >= 0.3 is 0 Å². The Hall–Kier alpha value is -1.34. The standard InChI is InChI=1S/C18H19Br/c1-14(2)18(13-19)12-15-8-10-17(11-9-15)16-6-4-3-5-7-16/h3-12,14H,13H2,1-2H3. The fraction of sp³-hybridized carbons (Fsp3) is 0.222. The van der Waals surface area contributed by atoms with Crippen LogP contribution in [0.2, 0.25) is 0 Å². The van der Waals surface area contributed by atoms with Crippen molar-refractivity contribution in [1.29, 1.82) is 0 Å². The molecular weight excluding hydrogens is 296 g/mol. The van der Waals surface area contributed by atoms with Gasteiger partial charge in [-0.1, -0.05) is 96.0 Å². The first-order valence-corrected chi connectivity index (χ1v) is 7.75. The van der Waals surface area contributed by atoms with E-state index in [4.69, 9.17) is 0 Å². The van der Waals surface area contributed by atoms with Gasteiger partial charge in [0, 0.05) is 5.33 Å². The first-order valence-electron chi connectivity index (χ1n) is 6.62. The van der Waals surface area contributed by atoms with E-state index >= 15 is 0 Å². The minimum atomic E-state index is 0.577. The van der Waals surface area contributed by atoms with Crippen LogP contribution in [0.1, 0.15) is 19.4 Å². The lowest BCUT2D eigenvalue weighted by Crippen LogP contribution is -1.94. The highest BCUT2D eigenvalue weighted by Crippen LogP contribution is 2.22. The number of alkyl halides is 1. The Kier molecular flexibility index (Phi) is 4.98. The summed E-state index contributed by atoms with van der Waals surface area (Å²) < 4.78 is 0. The molecule has 2 rings (SSSR count). The molecule has 0 atom stereocenters. The molecule has 98 valence electrons. The van der Waals surface area contributed by atoms with E-state index in [0.29, 0.717) is 5.92 Å². The summed E-state index contributed by atoms with van der Waals surface area (Å²) in [4.78, 5) is 0. The van der Waals surface area contributed by atoms with Crippen molar-refractivity contribution in [3.8, 4) is 11.1 Å². The second-order valence-electron chi connectivity index (χ2n) is 5.00. The molecule has 0 aromatic heterocycles. The van der Waals surface area contributed by atoms with Crippen molar-refractivity contribution in [2.75, 3.05) is 5.33 Å². The van der Waals surface area contributed by atoms with Gasteiger partial charge in [-0.3, -0.25) is 0 Å². The van der Waals surface area contributed by atoms with Crippen LogP contribution < -0.4 is 0 Å². The van der Waals surface area contributed by atoms with Crippen molar-refractivity contribution in [1.82, 2.24) is 0 Å². The maximum absolute atomic E-state index is 3.56. The van der Waals surface area contributed by atoms with E-state index in [1.165, 1.54) is 22.3 Å². The normalized spacial score (nSPS) is 11.9. The van der Waals surface area contributed by atoms with Crippen LogP contribution in [-0.2, 0) is 0 Å². The summed E-state index contributed by atoms with van der Waals surface area (Å²) >= 11 is 3.56. The number of benzene rings is 2.